The van der Waals surface area contributed by atoms with E-state index in [1.807, 2.05) is 67.3 Å². The molecule has 0 saturated heterocycles. The van der Waals surface area contributed by atoms with Crippen LogP contribution in [0.2, 0.25) is 0 Å². The van der Waals surface area contributed by atoms with Crippen LogP contribution in [0, 0.1) is 30.6 Å². The molecule has 0 spiro atoms. The average molecular weight is 661 g/mol. The summed E-state index contributed by atoms with van der Waals surface area (Å²) in [5, 5.41) is 10.5. The molecule has 1 aliphatic heterocycles. The van der Waals surface area contributed by atoms with Crippen molar-refractivity contribution in [3.05, 3.63) is 115 Å². The number of aryl methyl sites for hydroxylation is 1. The van der Waals surface area contributed by atoms with Crippen LogP contribution in [0.5, 0.6) is 5.75 Å². The zero-order valence-corrected chi connectivity index (χ0v) is 26.2. The quantitative estimate of drug-likeness (QED) is 0.298. The molecular formula is C33H31Br2N3O2. The highest BCUT2D eigenvalue weighted by Crippen LogP contribution is 2.51. The lowest BCUT2D eigenvalue weighted by Crippen LogP contribution is -2.42. The molecule has 0 fully saturated rings. The van der Waals surface area contributed by atoms with Crippen molar-refractivity contribution in [3.63, 3.8) is 0 Å². The second-order valence-corrected chi connectivity index (χ2v) is 13.1. The van der Waals surface area contributed by atoms with Crippen LogP contribution in [0.1, 0.15) is 54.9 Å². The number of ether oxygens (including phenoxy) is 1. The number of para-hydroxylation sites is 1. The molecule has 3 aromatic rings. The standard InChI is InChI=1S/C33H31Br2N3O2/c1-19-13-21(18-40-29-8-6-5-7-26(29)35)20(2)24(14-19)30-25(17-36)32(37)38(23-11-9-22(34)10-12-23)27-15-33(3,4)16-28(39)31(27)30/h5-14,30H,15-16,18,37H2,1-4H3. The van der Waals surface area contributed by atoms with E-state index in [2.05, 4.69) is 63.9 Å². The Hall–Kier alpha value is -3.34. The summed E-state index contributed by atoms with van der Waals surface area (Å²) >= 11 is 7.06. The molecule has 1 unspecified atom stereocenters. The molecule has 0 radical (unpaired) electrons. The average Bonchev–Trinajstić information content (AvgIpc) is 2.89. The first-order valence-corrected chi connectivity index (χ1v) is 14.8. The van der Waals surface area contributed by atoms with Gasteiger partial charge in [-0.15, -0.1) is 0 Å². The minimum absolute atomic E-state index is 0.0607. The van der Waals surface area contributed by atoms with Gasteiger partial charge in [0.2, 0.25) is 0 Å². The van der Waals surface area contributed by atoms with Crippen LogP contribution in [0.15, 0.2) is 92.3 Å². The van der Waals surface area contributed by atoms with Crippen LogP contribution in [0.4, 0.5) is 5.69 Å². The van der Waals surface area contributed by atoms with Crippen LogP contribution >= 0.6 is 31.9 Å². The lowest BCUT2D eigenvalue weighted by atomic mass is 9.68. The van der Waals surface area contributed by atoms with Crippen LogP contribution in [-0.4, -0.2) is 5.78 Å². The van der Waals surface area contributed by atoms with E-state index in [9.17, 15) is 10.1 Å². The third kappa shape index (κ3) is 5.23. The van der Waals surface area contributed by atoms with E-state index >= 15 is 0 Å². The number of carbonyl (C=O) groups excluding carboxylic acids is 1. The van der Waals surface area contributed by atoms with Crippen molar-refractivity contribution in [3.8, 4) is 11.8 Å². The topological polar surface area (TPSA) is 79.3 Å². The highest BCUT2D eigenvalue weighted by atomic mass is 79.9. The second kappa shape index (κ2) is 10.9. The molecule has 1 aliphatic carbocycles. The van der Waals surface area contributed by atoms with Gasteiger partial charge < -0.3 is 10.5 Å². The molecule has 0 amide bonds. The van der Waals surface area contributed by atoms with E-state index in [0.717, 1.165) is 48.3 Å². The molecule has 0 saturated carbocycles. The van der Waals surface area contributed by atoms with Crippen molar-refractivity contribution in [1.29, 1.82) is 5.26 Å². The van der Waals surface area contributed by atoms with Crippen molar-refractivity contribution < 1.29 is 9.53 Å². The summed E-state index contributed by atoms with van der Waals surface area (Å²) in [7, 11) is 0. The Balaban J connectivity index is 1.67. The van der Waals surface area contributed by atoms with Gasteiger partial charge in [-0.05, 0) is 94.7 Å². The minimum Gasteiger partial charge on any atom is -0.488 e. The Kier molecular flexibility index (Phi) is 7.69. The van der Waals surface area contributed by atoms with Gasteiger partial charge in [-0.25, -0.2) is 0 Å². The van der Waals surface area contributed by atoms with E-state index in [1.165, 1.54) is 0 Å². The van der Waals surface area contributed by atoms with E-state index < -0.39 is 5.92 Å². The smallest absolute Gasteiger partial charge is 0.162 e. The Labute approximate surface area is 252 Å². The van der Waals surface area contributed by atoms with Gasteiger partial charge in [0.1, 0.15) is 18.2 Å². The number of benzene rings is 3. The summed E-state index contributed by atoms with van der Waals surface area (Å²) in [6, 6.07) is 22.1. The number of rotatable bonds is 5. The fourth-order valence-electron chi connectivity index (χ4n) is 5.84. The number of hydrogen-bond donors (Lipinski definition) is 1. The summed E-state index contributed by atoms with van der Waals surface area (Å²) in [6.45, 7) is 8.64. The monoisotopic (exact) mass is 659 g/mol. The molecule has 2 aliphatic rings. The van der Waals surface area contributed by atoms with Gasteiger partial charge >= 0.3 is 0 Å². The van der Waals surface area contributed by atoms with Gasteiger partial charge in [0.05, 0.1) is 22.0 Å². The molecule has 1 heterocycles. The van der Waals surface area contributed by atoms with Crippen LogP contribution in [0.25, 0.3) is 0 Å². The van der Waals surface area contributed by atoms with Crippen molar-refractivity contribution >= 4 is 43.3 Å². The number of allylic oxidation sites excluding steroid dienone is 3. The Morgan fingerprint density at radius 3 is 2.45 bits per heavy atom. The highest BCUT2D eigenvalue weighted by Gasteiger charge is 2.45. The largest absolute Gasteiger partial charge is 0.488 e. The van der Waals surface area contributed by atoms with Crippen molar-refractivity contribution in [2.75, 3.05) is 4.90 Å². The minimum atomic E-state index is -0.544. The van der Waals surface area contributed by atoms with Gasteiger partial charge in [0.25, 0.3) is 0 Å². The first kappa shape index (κ1) is 28.2. The molecule has 40 heavy (non-hydrogen) atoms. The lowest BCUT2D eigenvalue weighted by Gasteiger charge is -2.44. The molecule has 0 aromatic heterocycles. The highest BCUT2D eigenvalue weighted by molar-refractivity contribution is 9.10. The normalized spacial score (nSPS) is 18.5. The first-order chi connectivity index (χ1) is 19.0. The molecule has 7 heteroatoms. The second-order valence-electron chi connectivity index (χ2n) is 11.3. The number of nitrogens with two attached hydrogens (primary N) is 1. The van der Waals surface area contributed by atoms with Gasteiger partial charge in [0, 0.05) is 27.9 Å². The van der Waals surface area contributed by atoms with Crippen molar-refractivity contribution in [2.24, 2.45) is 11.1 Å². The molecule has 0 bridgehead atoms. The SMILES string of the molecule is Cc1cc(COc2ccccc2Br)c(C)c(C2C(C#N)=C(N)N(c3ccc(Br)cc3)C3=C2C(=O)CC(C)(C)C3)c1. The molecule has 204 valence electrons. The van der Waals surface area contributed by atoms with Crippen LogP contribution < -0.4 is 15.4 Å². The Morgan fingerprint density at radius 2 is 1.77 bits per heavy atom. The molecule has 2 N–H and O–H groups in total. The lowest BCUT2D eigenvalue weighted by molar-refractivity contribution is -0.118. The number of ketones is 1. The fraction of sp³-hybridized carbons (Fsp3) is 0.273. The van der Waals surface area contributed by atoms with E-state index in [1.54, 1.807) is 0 Å². The maximum Gasteiger partial charge on any atom is 0.162 e. The van der Waals surface area contributed by atoms with Crippen LogP contribution in [0.3, 0.4) is 0 Å². The van der Waals surface area contributed by atoms with Gasteiger partial charge in [-0.1, -0.05) is 59.6 Å². The zero-order valence-electron chi connectivity index (χ0n) is 23.0. The molecule has 5 rings (SSSR count). The molecular weight excluding hydrogens is 630 g/mol. The van der Waals surface area contributed by atoms with E-state index in [-0.39, 0.29) is 11.2 Å². The number of anilines is 1. The number of nitriles is 1. The molecule has 5 nitrogen and oxygen atoms in total. The van der Waals surface area contributed by atoms with Gasteiger partial charge in [-0.3, -0.25) is 9.69 Å². The summed E-state index contributed by atoms with van der Waals surface area (Å²) in [5.74, 6) is 0.637. The van der Waals surface area contributed by atoms with Gasteiger partial charge in [-0.2, -0.15) is 5.26 Å². The van der Waals surface area contributed by atoms with E-state index in [0.29, 0.717) is 36.4 Å². The maximum atomic E-state index is 14.0. The number of Topliss-reactive ketones (excluding diaryl/α,β-unsaturated/α-hetero) is 1. The predicted octanol–water partition coefficient (Wildman–Crippen LogP) is 8.35. The number of carbonyl (C=O) groups is 1. The number of halogens is 2. The summed E-state index contributed by atoms with van der Waals surface area (Å²) in [5.41, 5.74) is 13.3. The third-order valence-electron chi connectivity index (χ3n) is 7.70. The third-order valence-corrected chi connectivity index (χ3v) is 8.88. The van der Waals surface area contributed by atoms with Gasteiger partial charge in [0.15, 0.2) is 5.78 Å². The summed E-state index contributed by atoms with van der Waals surface area (Å²) in [4.78, 5) is 15.9. The number of nitrogens with zero attached hydrogens (tertiary/aromatic N) is 2. The first-order valence-electron chi connectivity index (χ1n) is 13.2. The summed E-state index contributed by atoms with van der Waals surface area (Å²) < 4.78 is 8.00. The summed E-state index contributed by atoms with van der Waals surface area (Å²) in [6.07, 6.45) is 1.08. The zero-order chi connectivity index (χ0) is 28.8. The van der Waals surface area contributed by atoms with Crippen molar-refractivity contribution in [2.45, 2.75) is 53.1 Å². The molecule has 3 aromatic carbocycles. The maximum absolute atomic E-state index is 14.0. The van der Waals surface area contributed by atoms with E-state index in [4.69, 9.17) is 10.5 Å². The number of hydrogen-bond acceptors (Lipinski definition) is 5. The Bertz CT molecular complexity index is 1610. The molecule has 1 atom stereocenters. The predicted molar refractivity (Wildman–Crippen MR) is 166 cm³/mol. The fourth-order valence-corrected chi connectivity index (χ4v) is 6.50. The van der Waals surface area contributed by atoms with Crippen LogP contribution in [-0.2, 0) is 11.4 Å². The Morgan fingerprint density at radius 1 is 1.07 bits per heavy atom. The van der Waals surface area contributed by atoms with Crippen molar-refractivity contribution in [1.82, 2.24) is 0 Å².